The van der Waals surface area contributed by atoms with Crippen LogP contribution in [0.2, 0.25) is 0 Å². The molecule has 4 heteroatoms. The molecule has 0 aromatic rings. The Morgan fingerprint density at radius 3 is 2.60 bits per heavy atom. The van der Waals surface area contributed by atoms with Crippen LogP contribution >= 0.6 is 0 Å². The van der Waals surface area contributed by atoms with Crippen LogP contribution in [0.25, 0.3) is 0 Å². The molecule has 0 saturated heterocycles. The molecule has 114 valence electrons. The molecule has 0 spiro atoms. The van der Waals surface area contributed by atoms with Gasteiger partial charge in [0, 0.05) is 6.54 Å². The van der Waals surface area contributed by atoms with E-state index in [1.807, 2.05) is 19.9 Å². The summed E-state index contributed by atoms with van der Waals surface area (Å²) in [5.74, 6) is 0.304. The van der Waals surface area contributed by atoms with Gasteiger partial charge in [-0.15, -0.1) is 0 Å². The monoisotopic (exact) mass is 280 g/mol. The lowest BCUT2D eigenvalue weighted by molar-refractivity contribution is -0.0505. The second-order valence-corrected chi connectivity index (χ2v) is 5.74. The zero-order valence-electron chi connectivity index (χ0n) is 13.3. The van der Waals surface area contributed by atoms with Crippen molar-refractivity contribution in [2.24, 2.45) is 11.0 Å². The second-order valence-electron chi connectivity index (χ2n) is 5.74. The van der Waals surface area contributed by atoms with E-state index in [4.69, 9.17) is 0 Å². The summed E-state index contributed by atoms with van der Waals surface area (Å²) >= 11 is 0. The topological polar surface area (TPSA) is 56.1 Å². The summed E-state index contributed by atoms with van der Waals surface area (Å²) in [4.78, 5) is 0. The van der Waals surface area contributed by atoms with Crippen molar-refractivity contribution >= 4 is 5.71 Å². The number of hydrogen-bond acceptors (Lipinski definition) is 4. The zero-order chi connectivity index (χ0) is 15.3. The van der Waals surface area contributed by atoms with E-state index in [1.165, 1.54) is 0 Å². The van der Waals surface area contributed by atoms with Gasteiger partial charge in [-0.25, -0.2) is 0 Å². The molecule has 0 amide bonds. The van der Waals surface area contributed by atoms with E-state index in [-0.39, 0.29) is 6.10 Å². The lowest BCUT2D eigenvalue weighted by Gasteiger charge is -2.34. The van der Waals surface area contributed by atoms with Crippen molar-refractivity contribution in [2.75, 3.05) is 6.54 Å². The van der Waals surface area contributed by atoms with Crippen LogP contribution in [-0.2, 0) is 0 Å². The number of aliphatic hydroxyl groups excluding tert-OH is 1. The summed E-state index contributed by atoms with van der Waals surface area (Å²) in [6, 6.07) is 0. The summed E-state index contributed by atoms with van der Waals surface area (Å²) in [5.41, 5.74) is 1.05. The van der Waals surface area contributed by atoms with Crippen molar-refractivity contribution in [3.05, 3.63) is 23.8 Å². The molecule has 0 aromatic heterocycles. The standard InChI is InChI=1S/C16H28N2O2/c1-6-14(11-12(3)10-13(4)19)15-8-9-16(5,20)18(7-2)17-15/h8-9,11-13,19-20H,6-7,10H2,1-5H3. The van der Waals surface area contributed by atoms with E-state index in [2.05, 4.69) is 25.0 Å². The summed E-state index contributed by atoms with van der Waals surface area (Å²) in [7, 11) is 0. The van der Waals surface area contributed by atoms with Crippen LogP contribution in [0.15, 0.2) is 28.9 Å². The van der Waals surface area contributed by atoms with Gasteiger partial charge < -0.3 is 10.2 Å². The van der Waals surface area contributed by atoms with Crippen LogP contribution in [0, 0.1) is 5.92 Å². The first-order valence-electron chi connectivity index (χ1n) is 7.47. The highest BCUT2D eigenvalue weighted by molar-refractivity contribution is 6.08. The molecule has 0 bridgehead atoms. The fourth-order valence-corrected chi connectivity index (χ4v) is 2.48. The molecule has 1 heterocycles. The third-order valence-corrected chi connectivity index (χ3v) is 3.52. The lowest BCUT2D eigenvalue weighted by atomic mass is 9.96. The third kappa shape index (κ3) is 4.46. The van der Waals surface area contributed by atoms with Crippen molar-refractivity contribution in [2.45, 2.75) is 59.3 Å². The van der Waals surface area contributed by atoms with Crippen molar-refractivity contribution in [1.82, 2.24) is 5.01 Å². The molecule has 4 nitrogen and oxygen atoms in total. The minimum atomic E-state index is -1.01. The maximum absolute atomic E-state index is 10.2. The van der Waals surface area contributed by atoms with Gasteiger partial charge in [-0.2, -0.15) is 5.10 Å². The summed E-state index contributed by atoms with van der Waals surface area (Å²) < 4.78 is 0. The summed E-state index contributed by atoms with van der Waals surface area (Å²) in [5, 5.41) is 25.9. The predicted octanol–water partition coefficient (Wildman–Crippen LogP) is 2.69. The van der Waals surface area contributed by atoms with Gasteiger partial charge in [0.2, 0.25) is 0 Å². The highest BCUT2D eigenvalue weighted by atomic mass is 16.3. The molecule has 1 aliphatic heterocycles. The van der Waals surface area contributed by atoms with E-state index < -0.39 is 5.72 Å². The Morgan fingerprint density at radius 2 is 2.10 bits per heavy atom. The van der Waals surface area contributed by atoms with Gasteiger partial charge in [-0.05, 0) is 57.3 Å². The average Bonchev–Trinajstić information content (AvgIpc) is 2.35. The quantitative estimate of drug-likeness (QED) is 0.786. The molecule has 1 aliphatic rings. The minimum absolute atomic E-state index is 0.295. The number of nitrogens with zero attached hydrogens (tertiary/aromatic N) is 2. The molecular formula is C16H28N2O2. The Bertz CT molecular complexity index is 409. The van der Waals surface area contributed by atoms with Gasteiger partial charge in [0.05, 0.1) is 11.8 Å². The van der Waals surface area contributed by atoms with Gasteiger partial charge in [0.15, 0.2) is 5.72 Å². The lowest BCUT2D eigenvalue weighted by Crippen LogP contribution is -2.43. The molecule has 0 fully saturated rings. The molecule has 3 atom stereocenters. The fraction of sp³-hybridized carbons (Fsp3) is 0.688. The number of allylic oxidation sites excluding steroid dienone is 3. The largest absolute Gasteiger partial charge is 0.393 e. The van der Waals surface area contributed by atoms with Crippen molar-refractivity contribution < 1.29 is 10.2 Å². The van der Waals surface area contributed by atoms with E-state index in [1.54, 1.807) is 18.0 Å². The molecule has 2 N–H and O–H groups in total. The minimum Gasteiger partial charge on any atom is -0.393 e. The Labute approximate surface area is 122 Å². The molecule has 1 rings (SSSR count). The van der Waals surface area contributed by atoms with E-state index >= 15 is 0 Å². The number of hydrogen-bond donors (Lipinski definition) is 2. The first-order valence-corrected chi connectivity index (χ1v) is 7.47. The van der Waals surface area contributed by atoms with E-state index in [0.29, 0.717) is 12.5 Å². The normalized spacial score (nSPS) is 26.4. The SMILES string of the molecule is CCC(=CC(C)CC(C)O)C1=NN(CC)C(C)(O)C=C1. The summed E-state index contributed by atoms with van der Waals surface area (Å²) in [6.45, 7) is 10.4. The number of rotatable bonds is 6. The van der Waals surface area contributed by atoms with Gasteiger partial charge >= 0.3 is 0 Å². The molecule has 0 radical (unpaired) electrons. The molecule has 0 aliphatic carbocycles. The molecule has 0 saturated carbocycles. The Hall–Kier alpha value is -1.13. The maximum atomic E-state index is 10.2. The maximum Gasteiger partial charge on any atom is 0.170 e. The first kappa shape index (κ1) is 16.9. The summed E-state index contributed by atoms with van der Waals surface area (Å²) in [6.07, 6.45) is 7.17. The van der Waals surface area contributed by atoms with Crippen LogP contribution in [0.4, 0.5) is 0 Å². The van der Waals surface area contributed by atoms with Crippen molar-refractivity contribution in [3.63, 3.8) is 0 Å². The van der Waals surface area contributed by atoms with E-state index in [0.717, 1.165) is 24.1 Å². The first-order chi connectivity index (χ1) is 9.30. The zero-order valence-corrected chi connectivity index (χ0v) is 13.3. The van der Waals surface area contributed by atoms with Gasteiger partial charge in [0.1, 0.15) is 0 Å². The fourth-order valence-electron chi connectivity index (χ4n) is 2.48. The van der Waals surface area contributed by atoms with Crippen LogP contribution in [0.3, 0.4) is 0 Å². The Morgan fingerprint density at radius 1 is 1.45 bits per heavy atom. The second kappa shape index (κ2) is 7.04. The van der Waals surface area contributed by atoms with Crippen LogP contribution in [-0.4, -0.2) is 39.3 Å². The molecule has 3 unspecified atom stereocenters. The number of hydrazone groups is 1. The van der Waals surface area contributed by atoms with Gasteiger partial charge in [-0.3, -0.25) is 5.01 Å². The number of likely N-dealkylation sites (N-methyl/N-ethyl adjacent to an activating group) is 1. The van der Waals surface area contributed by atoms with Crippen molar-refractivity contribution in [1.29, 1.82) is 0 Å². The van der Waals surface area contributed by atoms with Crippen LogP contribution < -0.4 is 0 Å². The van der Waals surface area contributed by atoms with Crippen LogP contribution in [0.5, 0.6) is 0 Å². The number of aliphatic hydroxyl groups is 2. The van der Waals surface area contributed by atoms with E-state index in [9.17, 15) is 10.2 Å². The predicted molar refractivity (Wildman–Crippen MR) is 83.4 cm³/mol. The smallest absolute Gasteiger partial charge is 0.170 e. The Kier molecular flexibility index (Phi) is 5.96. The third-order valence-electron chi connectivity index (χ3n) is 3.52. The van der Waals surface area contributed by atoms with Crippen LogP contribution in [0.1, 0.15) is 47.5 Å². The molecular weight excluding hydrogens is 252 g/mol. The van der Waals surface area contributed by atoms with Crippen molar-refractivity contribution in [3.8, 4) is 0 Å². The highest BCUT2D eigenvalue weighted by Crippen LogP contribution is 2.22. The molecule has 20 heavy (non-hydrogen) atoms. The highest BCUT2D eigenvalue weighted by Gasteiger charge is 2.27. The average molecular weight is 280 g/mol. The van der Waals surface area contributed by atoms with Gasteiger partial charge in [0.25, 0.3) is 0 Å². The Balaban J connectivity index is 2.93. The molecule has 0 aromatic carbocycles. The van der Waals surface area contributed by atoms with Gasteiger partial charge in [-0.1, -0.05) is 19.9 Å².